The smallest absolute Gasteiger partial charge is 0.254 e. The van der Waals surface area contributed by atoms with Crippen LogP contribution in [0.15, 0.2) is 82.8 Å². The molecule has 4 rings (SSSR count). The Morgan fingerprint density at radius 1 is 1.03 bits per heavy atom. The number of pyridine rings is 1. The molecule has 1 aliphatic rings. The summed E-state index contributed by atoms with van der Waals surface area (Å²) in [5, 5.41) is 3.48. The van der Waals surface area contributed by atoms with Crippen LogP contribution in [0.2, 0.25) is 0 Å². The third-order valence-electron chi connectivity index (χ3n) is 5.45. The Labute approximate surface area is 204 Å². The van der Waals surface area contributed by atoms with Gasteiger partial charge in [-0.1, -0.05) is 30.3 Å². The minimum absolute atomic E-state index is 0.0341. The van der Waals surface area contributed by atoms with E-state index in [1.807, 2.05) is 12.1 Å². The van der Waals surface area contributed by atoms with Crippen molar-refractivity contribution in [1.29, 1.82) is 0 Å². The summed E-state index contributed by atoms with van der Waals surface area (Å²) in [6.07, 6.45) is 1.61. The molecule has 1 saturated heterocycles. The van der Waals surface area contributed by atoms with Gasteiger partial charge in [-0.15, -0.1) is 11.8 Å². The van der Waals surface area contributed by atoms with Gasteiger partial charge < -0.3 is 15.0 Å². The second-order valence-electron chi connectivity index (χ2n) is 7.79. The summed E-state index contributed by atoms with van der Waals surface area (Å²) >= 11 is 1.27. The predicted octanol–water partition coefficient (Wildman–Crippen LogP) is 3.41. The Bertz CT molecular complexity index is 1210. The molecule has 0 radical (unpaired) electrons. The zero-order valence-electron chi connectivity index (χ0n) is 18.7. The number of morpholine rings is 1. The number of carbonyl (C=O) groups is 1. The van der Waals surface area contributed by atoms with Crippen molar-refractivity contribution in [3.8, 4) is 0 Å². The largest absolute Gasteiger partial charge is 0.378 e. The first-order valence-corrected chi connectivity index (χ1v) is 13.7. The van der Waals surface area contributed by atoms with Crippen LogP contribution in [0.1, 0.15) is 15.9 Å². The monoisotopic (exact) mass is 497 g/mol. The average molecular weight is 498 g/mol. The molecule has 1 fully saturated rings. The fourth-order valence-electron chi connectivity index (χ4n) is 3.63. The maximum absolute atomic E-state index is 12.9. The first-order chi connectivity index (χ1) is 16.5. The number of hydrogen-bond donors (Lipinski definition) is 1. The Morgan fingerprint density at radius 2 is 1.82 bits per heavy atom. The fourth-order valence-corrected chi connectivity index (χ4v) is 6.30. The highest BCUT2D eigenvalue weighted by molar-refractivity contribution is 8.00. The van der Waals surface area contributed by atoms with E-state index in [-0.39, 0.29) is 11.7 Å². The van der Waals surface area contributed by atoms with Crippen molar-refractivity contribution >= 4 is 33.2 Å². The standard InChI is InChI=1S/C25H27N3O4S2/c29-24(27-19-20-6-4-7-21(18-20)28-12-14-32-15-13-28)23-10-5-11-26-25(23)33-16-17-34(30,31)22-8-2-1-3-9-22/h1-11,18H,12-17,19H2,(H,27,29). The number of nitrogens with one attached hydrogen (secondary N) is 1. The number of amides is 1. The molecular weight excluding hydrogens is 470 g/mol. The second kappa shape index (κ2) is 11.5. The van der Waals surface area contributed by atoms with Gasteiger partial charge in [-0.25, -0.2) is 13.4 Å². The van der Waals surface area contributed by atoms with Crippen LogP contribution in [0.4, 0.5) is 5.69 Å². The normalized spacial score (nSPS) is 14.1. The minimum atomic E-state index is -3.38. The number of nitrogens with zero attached hydrogens (tertiary/aromatic N) is 2. The lowest BCUT2D eigenvalue weighted by atomic mass is 10.1. The summed E-state index contributed by atoms with van der Waals surface area (Å²) in [6, 6.07) is 19.9. The maximum atomic E-state index is 12.9. The van der Waals surface area contributed by atoms with Gasteiger partial charge in [-0.2, -0.15) is 0 Å². The van der Waals surface area contributed by atoms with Gasteiger partial charge in [-0.05, 0) is 42.0 Å². The van der Waals surface area contributed by atoms with E-state index in [0.29, 0.717) is 27.8 Å². The summed E-state index contributed by atoms with van der Waals surface area (Å²) in [5.74, 6) is 0.0299. The Kier molecular flexibility index (Phi) is 8.21. The third-order valence-corrected chi connectivity index (χ3v) is 8.45. The minimum Gasteiger partial charge on any atom is -0.378 e. The van der Waals surface area contributed by atoms with Gasteiger partial charge in [0.1, 0.15) is 5.03 Å². The Balaban J connectivity index is 1.35. The molecule has 9 heteroatoms. The van der Waals surface area contributed by atoms with Crippen LogP contribution in [-0.2, 0) is 21.1 Å². The molecule has 7 nitrogen and oxygen atoms in total. The van der Waals surface area contributed by atoms with Gasteiger partial charge in [0, 0.05) is 37.3 Å². The number of hydrogen-bond acceptors (Lipinski definition) is 7. The molecular formula is C25H27N3O4S2. The van der Waals surface area contributed by atoms with E-state index in [1.54, 1.807) is 48.7 Å². The van der Waals surface area contributed by atoms with E-state index in [1.165, 1.54) is 11.8 Å². The molecule has 2 heterocycles. The highest BCUT2D eigenvalue weighted by Crippen LogP contribution is 2.22. The number of sulfone groups is 1. The molecule has 0 saturated carbocycles. The molecule has 0 aliphatic carbocycles. The summed E-state index contributed by atoms with van der Waals surface area (Å²) in [5.41, 5.74) is 2.56. The Morgan fingerprint density at radius 3 is 2.62 bits per heavy atom. The zero-order chi connectivity index (χ0) is 23.8. The Hall–Kier alpha value is -2.88. The molecule has 3 aromatic rings. The average Bonchev–Trinajstić information content (AvgIpc) is 2.89. The van der Waals surface area contributed by atoms with Gasteiger partial charge in [-0.3, -0.25) is 4.79 Å². The lowest BCUT2D eigenvalue weighted by Crippen LogP contribution is -2.36. The number of aromatic nitrogens is 1. The molecule has 0 atom stereocenters. The van der Waals surface area contributed by atoms with Gasteiger partial charge in [0.2, 0.25) is 0 Å². The van der Waals surface area contributed by atoms with E-state index in [2.05, 4.69) is 27.3 Å². The summed E-state index contributed by atoms with van der Waals surface area (Å²) in [6.45, 7) is 3.53. The highest BCUT2D eigenvalue weighted by atomic mass is 32.2. The lowest BCUT2D eigenvalue weighted by Gasteiger charge is -2.29. The highest BCUT2D eigenvalue weighted by Gasteiger charge is 2.17. The molecule has 1 aliphatic heterocycles. The van der Waals surface area contributed by atoms with Crippen molar-refractivity contribution in [3.05, 3.63) is 84.1 Å². The van der Waals surface area contributed by atoms with Crippen molar-refractivity contribution in [2.75, 3.05) is 42.7 Å². The number of thioether (sulfide) groups is 1. The van der Waals surface area contributed by atoms with E-state index in [0.717, 1.165) is 37.6 Å². The van der Waals surface area contributed by atoms with Crippen LogP contribution in [0.25, 0.3) is 0 Å². The van der Waals surface area contributed by atoms with Crippen LogP contribution in [0.3, 0.4) is 0 Å². The van der Waals surface area contributed by atoms with E-state index >= 15 is 0 Å². The van der Waals surface area contributed by atoms with Gasteiger partial charge in [0.25, 0.3) is 5.91 Å². The summed E-state index contributed by atoms with van der Waals surface area (Å²) in [7, 11) is -3.38. The third kappa shape index (κ3) is 6.37. The van der Waals surface area contributed by atoms with Crippen LogP contribution in [0, 0.1) is 0 Å². The van der Waals surface area contributed by atoms with Crippen LogP contribution < -0.4 is 10.2 Å². The van der Waals surface area contributed by atoms with Crippen LogP contribution in [-0.4, -0.2) is 57.1 Å². The maximum Gasteiger partial charge on any atom is 0.254 e. The van der Waals surface area contributed by atoms with Gasteiger partial charge in [0.05, 0.1) is 29.4 Å². The molecule has 0 bridgehead atoms. The van der Waals surface area contributed by atoms with Crippen molar-refractivity contribution < 1.29 is 17.9 Å². The molecule has 1 aromatic heterocycles. The quantitative estimate of drug-likeness (QED) is 0.453. The van der Waals surface area contributed by atoms with Gasteiger partial charge in [0.15, 0.2) is 9.84 Å². The molecule has 1 N–H and O–H groups in total. The van der Waals surface area contributed by atoms with Crippen molar-refractivity contribution in [3.63, 3.8) is 0 Å². The van der Waals surface area contributed by atoms with Crippen LogP contribution in [0.5, 0.6) is 0 Å². The van der Waals surface area contributed by atoms with Crippen molar-refractivity contribution in [2.24, 2.45) is 0 Å². The fraction of sp³-hybridized carbons (Fsp3) is 0.280. The number of rotatable bonds is 9. The first-order valence-electron chi connectivity index (χ1n) is 11.1. The summed E-state index contributed by atoms with van der Waals surface area (Å²) < 4.78 is 30.5. The molecule has 2 aromatic carbocycles. The number of anilines is 1. The van der Waals surface area contributed by atoms with Crippen molar-refractivity contribution in [1.82, 2.24) is 10.3 Å². The second-order valence-corrected chi connectivity index (χ2v) is 11.0. The van der Waals surface area contributed by atoms with Crippen LogP contribution >= 0.6 is 11.8 Å². The van der Waals surface area contributed by atoms with Crippen molar-refractivity contribution in [2.45, 2.75) is 16.5 Å². The van der Waals surface area contributed by atoms with E-state index in [4.69, 9.17) is 4.74 Å². The molecule has 34 heavy (non-hydrogen) atoms. The zero-order valence-corrected chi connectivity index (χ0v) is 20.4. The number of ether oxygens (including phenoxy) is 1. The van der Waals surface area contributed by atoms with E-state index < -0.39 is 9.84 Å². The molecule has 0 unspecified atom stereocenters. The predicted molar refractivity (Wildman–Crippen MR) is 134 cm³/mol. The molecule has 178 valence electrons. The van der Waals surface area contributed by atoms with E-state index in [9.17, 15) is 13.2 Å². The molecule has 0 spiro atoms. The SMILES string of the molecule is O=C(NCc1cccc(N2CCOCC2)c1)c1cccnc1SCCS(=O)(=O)c1ccccc1. The first kappa shape index (κ1) is 24.3. The molecule has 1 amide bonds. The summed E-state index contributed by atoms with van der Waals surface area (Å²) in [4.78, 5) is 19.8. The lowest BCUT2D eigenvalue weighted by molar-refractivity contribution is 0.0947. The number of benzene rings is 2. The number of carbonyl (C=O) groups excluding carboxylic acids is 1. The topological polar surface area (TPSA) is 88.6 Å². The van der Waals surface area contributed by atoms with Gasteiger partial charge >= 0.3 is 0 Å².